The Kier molecular flexibility index (Phi) is 5.49. The molecule has 1 saturated carbocycles. The first kappa shape index (κ1) is 12.0. The molecular weight excluding hydrogens is 172 g/mol. The zero-order valence-electron chi connectivity index (χ0n) is 9.84. The maximum atomic E-state index is 5.66. The van der Waals surface area contributed by atoms with Gasteiger partial charge in [0, 0.05) is 19.1 Å². The van der Waals surface area contributed by atoms with E-state index in [1.807, 2.05) is 0 Å². The summed E-state index contributed by atoms with van der Waals surface area (Å²) in [5.41, 5.74) is 5.66. The van der Waals surface area contributed by atoms with Crippen molar-refractivity contribution in [3.05, 3.63) is 0 Å². The Morgan fingerprint density at radius 1 is 1.29 bits per heavy atom. The molecule has 2 unspecified atom stereocenters. The highest BCUT2D eigenvalue weighted by Gasteiger charge is 2.23. The molecule has 0 spiro atoms. The summed E-state index contributed by atoms with van der Waals surface area (Å²) in [7, 11) is 0. The fourth-order valence-corrected chi connectivity index (χ4v) is 2.66. The van der Waals surface area contributed by atoms with Gasteiger partial charge in [-0.25, -0.2) is 0 Å². The van der Waals surface area contributed by atoms with E-state index in [2.05, 4.69) is 18.7 Å². The highest BCUT2D eigenvalue weighted by Crippen LogP contribution is 2.27. The van der Waals surface area contributed by atoms with Crippen LogP contribution in [0, 0.1) is 5.92 Å². The first-order chi connectivity index (χ1) is 6.77. The van der Waals surface area contributed by atoms with Crippen LogP contribution in [-0.2, 0) is 0 Å². The molecule has 0 amide bonds. The third-order valence-corrected chi connectivity index (χ3v) is 3.35. The molecule has 0 aromatic carbocycles. The monoisotopic (exact) mass is 198 g/mol. The van der Waals surface area contributed by atoms with Gasteiger partial charge in [0.05, 0.1) is 0 Å². The minimum absolute atomic E-state index is 0.810. The van der Waals surface area contributed by atoms with E-state index in [-0.39, 0.29) is 0 Å². The molecule has 2 nitrogen and oxygen atoms in total. The maximum absolute atomic E-state index is 5.66. The Hall–Kier alpha value is -0.0800. The van der Waals surface area contributed by atoms with Crippen LogP contribution < -0.4 is 5.73 Å². The Bertz CT molecular complexity index is 139. The quantitative estimate of drug-likeness (QED) is 0.734. The van der Waals surface area contributed by atoms with Gasteiger partial charge in [-0.2, -0.15) is 0 Å². The van der Waals surface area contributed by atoms with Gasteiger partial charge in [-0.3, -0.25) is 4.90 Å². The van der Waals surface area contributed by atoms with Gasteiger partial charge in [-0.1, -0.05) is 26.7 Å². The topological polar surface area (TPSA) is 29.3 Å². The van der Waals surface area contributed by atoms with Crippen LogP contribution in [0.1, 0.15) is 46.0 Å². The summed E-state index contributed by atoms with van der Waals surface area (Å²) in [4.78, 5) is 2.61. The second kappa shape index (κ2) is 6.41. The van der Waals surface area contributed by atoms with Crippen LogP contribution in [0.25, 0.3) is 0 Å². The summed E-state index contributed by atoms with van der Waals surface area (Å²) in [6, 6.07) is 0.822. The predicted octanol–water partition coefficient (Wildman–Crippen LogP) is 2.24. The first-order valence-electron chi connectivity index (χ1n) is 6.22. The lowest BCUT2D eigenvalue weighted by Gasteiger charge is -2.36. The Morgan fingerprint density at radius 2 is 2.07 bits per heavy atom. The highest BCUT2D eigenvalue weighted by molar-refractivity contribution is 4.78. The summed E-state index contributed by atoms with van der Waals surface area (Å²) in [6.45, 7) is 7.78. The van der Waals surface area contributed by atoms with E-state index in [0.717, 1.165) is 25.0 Å². The first-order valence-corrected chi connectivity index (χ1v) is 6.22. The lowest BCUT2D eigenvalue weighted by Crippen LogP contribution is -2.41. The van der Waals surface area contributed by atoms with Crippen LogP contribution in [-0.4, -0.2) is 30.6 Å². The average Bonchev–Trinajstić information content (AvgIpc) is 2.17. The molecule has 1 rings (SSSR count). The SMILES string of the molecule is CCCN(CCN)C1CCCC(C)C1. The lowest BCUT2D eigenvalue weighted by atomic mass is 9.86. The van der Waals surface area contributed by atoms with Crippen molar-refractivity contribution in [1.82, 2.24) is 4.90 Å². The van der Waals surface area contributed by atoms with Crippen LogP contribution in [0.3, 0.4) is 0 Å². The molecule has 14 heavy (non-hydrogen) atoms. The molecule has 1 aliphatic carbocycles. The summed E-state index contributed by atoms with van der Waals surface area (Å²) in [5, 5.41) is 0. The van der Waals surface area contributed by atoms with Crippen molar-refractivity contribution in [2.45, 2.75) is 52.0 Å². The van der Waals surface area contributed by atoms with Crippen molar-refractivity contribution in [2.24, 2.45) is 11.7 Å². The summed E-state index contributed by atoms with van der Waals surface area (Å²) in [6.07, 6.45) is 6.88. The number of hydrogen-bond donors (Lipinski definition) is 1. The van der Waals surface area contributed by atoms with E-state index in [1.54, 1.807) is 0 Å². The van der Waals surface area contributed by atoms with Crippen LogP contribution >= 0.6 is 0 Å². The Labute approximate surface area is 88.8 Å². The van der Waals surface area contributed by atoms with Crippen molar-refractivity contribution in [3.8, 4) is 0 Å². The van der Waals surface area contributed by atoms with Crippen molar-refractivity contribution in [3.63, 3.8) is 0 Å². The van der Waals surface area contributed by atoms with Crippen molar-refractivity contribution in [1.29, 1.82) is 0 Å². The molecule has 0 radical (unpaired) electrons. The van der Waals surface area contributed by atoms with Gasteiger partial charge < -0.3 is 5.73 Å². The van der Waals surface area contributed by atoms with Gasteiger partial charge in [-0.05, 0) is 31.7 Å². The molecule has 1 aliphatic rings. The molecule has 0 heterocycles. The van der Waals surface area contributed by atoms with Crippen LogP contribution in [0.4, 0.5) is 0 Å². The minimum atomic E-state index is 0.810. The van der Waals surface area contributed by atoms with Crippen LogP contribution in [0.2, 0.25) is 0 Å². The third kappa shape index (κ3) is 3.58. The molecule has 0 aliphatic heterocycles. The molecule has 2 N–H and O–H groups in total. The van der Waals surface area contributed by atoms with Gasteiger partial charge >= 0.3 is 0 Å². The largest absolute Gasteiger partial charge is 0.329 e. The van der Waals surface area contributed by atoms with Crippen LogP contribution in [0.15, 0.2) is 0 Å². The van der Waals surface area contributed by atoms with Crippen molar-refractivity contribution >= 4 is 0 Å². The maximum Gasteiger partial charge on any atom is 0.0108 e. The van der Waals surface area contributed by atoms with E-state index in [4.69, 9.17) is 5.73 Å². The van der Waals surface area contributed by atoms with E-state index in [9.17, 15) is 0 Å². The number of rotatable bonds is 5. The number of nitrogens with two attached hydrogens (primary N) is 1. The molecule has 0 aromatic heterocycles. The van der Waals surface area contributed by atoms with E-state index >= 15 is 0 Å². The average molecular weight is 198 g/mol. The third-order valence-electron chi connectivity index (χ3n) is 3.35. The van der Waals surface area contributed by atoms with Crippen molar-refractivity contribution in [2.75, 3.05) is 19.6 Å². The number of hydrogen-bond acceptors (Lipinski definition) is 2. The molecule has 2 heteroatoms. The molecular formula is C12H26N2. The second-order valence-electron chi connectivity index (χ2n) is 4.75. The van der Waals surface area contributed by atoms with E-state index in [1.165, 1.54) is 38.6 Å². The fraction of sp³-hybridized carbons (Fsp3) is 1.00. The summed E-state index contributed by atoms with van der Waals surface area (Å²) >= 11 is 0. The Balaban J connectivity index is 2.39. The van der Waals surface area contributed by atoms with Gasteiger partial charge in [0.15, 0.2) is 0 Å². The van der Waals surface area contributed by atoms with Gasteiger partial charge in [0.25, 0.3) is 0 Å². The molecule has 2 atom stereocenters. The van der Waals surface area contributed by atoms with Crippen molar-refractivity contribution < 1.29 is 0 Å². The smallest absolute Gasteiger partial charge is 0.0108 e. The minimum Gasteiger partial charge on any atom is -0.329 e. The molecule has 84 valence electrons. The molecule has 0 bridgehead atoms. The van der Waals surface area contributed by atoms with Gasteiger partial charge in [-0.15, -0.1) is 0 Å². The zero-order chi connectivity index (χ0) is 10.4. The standard InChI is InChI=1S/C12H26N2/c1-3-8-14(9-7-13)12-6-4-5-11(2)10-12/h11-12H,3-10,13H2,1-2H3. The van der Waals surface area contributed by atoms with E-state index in [0.29, 0.717) is 0 Å². The van der Waals surface area contributed by atoms with Crippen LogP contribution in [0.5, 0.6) is 0 Å². The second-order valence-corrected chi connectivity index (χ2v) is 4.75. The van der Waals surface area contributed by atoms with E-state index < -0.39 is 0 Å². The van der Waals surface area contributed by atoms with Gasteiger partial charge in [0.2, 0.25) is 0 Å². The highest BCUT2D eigenvalue weighted by atomic mass is 15.2. The molecule has 1 fully saturated rings. The normalized spacial score (nSPS) is 28.3. The summed E-state index contributed by atoms with van der Waals surface area (Å²) < 4.78 is 0. The molecule has 0 aromatic rings. The summed E-state index contributed by atoms with van der Waals surface area (Å²) in [5.74, 6) is 0.922. The fourth-order valence-electron chi connectivity index (χ4n) is 2.66. The lowest BCUT2D eigenvalue weighted by molar-refractivity contribution is 0.138. The van der Waals surface area contributed by atoms with Gasteiger partial charge in [0.1, 0.15) is 0 Å². The zero-order valence-corrected chi connectivity index (χ0v) is 9.84. The Morgan fingerprint density at radius 3 is 2.64 bits per heavy atom. The molecule has 0 saturated heterocycles. The number of nitrogens with zero attached hydrogens (tertiary/aromatic N) is 1. The predicted molar refractivity (Wildman–Crippen MR) is 62.3 cm³/mol.